The number of rotatable bonds is 7. The van der Waals surface area contributed by atoms with Crippen LogP contribution in [0.2, 0.25) is 10.0 Å². The highest BCUT2D eigenvalue weighted by Crippen LogP contribution is 2.31. The summed E-state index contributed by atoms with van der Waals surface area (Å²) in [5.41, 5.74) is 3.31. The van der Waals surface area contributed by atoms with Gasteiger partial charge in [-0.25, -0.2) is 18.2 Å². The first kappa shape index (κ1) is 27.3. The Balaban J connectivity index is 1.23. The van der Waals surface area contributed by atoms with Gasteiger partial charge in [0.25, 0.3) is 5.91 Å². The van der Waals surface area contributed by atoms with E-state index < -0.39 is 28.5 Å². The van der Waals surface area contributed by atoms with Gasteiger partial charge in [-0.1, -0.05) is 65.7 Å². The Kier molecular flexibility index (Phi) is 8.01. The van der Waals surface area contributed by atoms with Crippen LogP contribution < -0.4 is 5.32 Å². The number of amides is 1. The third-order valence-electron chi connectivity index (χ3n) is 6.12. The molecule has 0 saturated heterocycles. The van der Waals surface area contributed by atoms with Crippen molar-refractivity contribution in [2.45, 2.75) is 17.9 Å². The van der Waals surface area contributed by atoms with Gasteiger partial charge in [-0.2, -0.15) is 4.31 Å². The number of halogens is 2. The molecule has 3 aromatic carbocycles. The number of aromatic nitrogens is 1. The van der Waals surface area contributed by atoms with Crippen LogP contribution in [0, 0.1) is 0 Å². The molecule has 8 nitrogen and oxygen atoms in total. The van der Waals surface area contributed by atoms with Crippen LogP contribution in [0.5, 0.6) is 0 Å². The number of carbonyl (C=O) groups is 2. The van der Waals surface area contributed by atoms with Gasteiger partial charge in [0.05, 0.1) is 16.3 Å². The number of anilines is 1. The van der Waals surface area contributed by atoms with Gasteiger partial charge in [0.1, 0.15) is 4.90 Å². The predicted octanol–water partition coefficient (Wildman–Crippen LogP) is 5.66. The van der Waals surface area contributed by atoms with Crippen molar-refractivity contribution < 1.29 is 22.7 Å². The number of esters is 1. The van der Waals surface area contributed by atoms with E-state index in [9.17, 15) is 18.0 Å². The fraction of sp³-hybridized carbons (Fsp3) is 0.148. The summed E-state index contributed by atoms with van der Waals surface area (Å²) in [6.07, 6.45) is 0.572. The summed E-state index contributed by atoms with van der Waals surface area (Å²) in [5.74, 6) is -1.46. The maximum absolute atomic E-state index is 13.4. The largest absolute Gasteiger partial charge is 0.452 e. The number of thiazole rings is 1. The summed E-state index contributed by atoms with van der Waals surface area (Å²) in [7, 11) is -3.99. The number of hydrogen-bond acceptors (Lipinski definition) is 7. The molecule has 0 atom stereocenters. The molecule has 0 bridgehead atoms. The molecule has 0 aliphatic carbocycles. The molecule has 1 aliphatic heterocycles. The topological polar surface area (TPSA) is 106 Å². The highest BCUT2D eigenvalue weighted by Gasteiger charge is 2.30. The van der Waals surface area contributed by atoms with Crippen LogP contribution in [0.1, 0.15) is 21.5 Å². The molecule has 1 aliphatic rings. The van der Waals surface area contributed by atoms with E-state index in [-0.39, 0.29) is 22.0 Å². The second-order valence-corrected chi connectivity index (χ2v) is 12.2. The van der Waals surface area contributed by atoms with Crippen molar-refractivity contribution in [3.05, 3.63) is 98.8 Å². The highest BCUT2D eigenvalue weighted by atomic mass is 35.5. The lowest BCUT2D eigenvalue weighted by Gasteiger charge is -2.28. The maximum Gasteiger partial charge on any atom is 0.338 e. The molecule has 1 amide bonds. The summed E-state index contributed by atoms with van der Waals surface area (Å²) in [5, 5.41) is 5.16. The van der Waals surface area contributed by atoms with E-state index in [0.717, 1.165) is 16.7 Å². The summed E-state index contributed by atoms with van der Waals surface area (Å²) in [4.78, 5) is 29.2. The summed E-state index contributed by atoms with van der Waals surface area (Å²) < 4.78 is 33.3. The third kappa shape index (κ3) is 6.00. The molecule has 200 valence electrons. The molecule has 1 N–H and O–H groups in total. The van der Waals surface area contributed by atoms with Crippen LogP contribution in [0.25, 0.3) is 11.3 Å². The minimum absolute atomic E-state index is 0.0127. The molecule has 0 spiro atoms. The molecule has 2 heterocycles. The van der Waals surface area contributed by atoms with Gasteiger partial charge in [-0.05, 0) is 41.8 Å². The van der Waals surface area contributed by atoms with E-state index in [0.29, 0.717) is 28.8 Å². The van der Waals surface area contributed by atoms with E-state index in [1.165, 1.54) is 33.8 Å². The Morgan fingerprint density at radius 2 is 1.74 bits per heavy atom. The number of fused-ring (bicyclic) bond motifs is 1. The van der Waals surface area contributed by atoms with Crippen LogP contribution >= 0.6 is 34.5 Å². The molecule has 1 aromatic heterocycles. The predicted molar refractivity (Wildman–Crippen MR) is 151 cm³/mol. The van der Waals surface area contributed by atoms with Crippen molar-refractivity contribution in [3.63, 3.8) is 0 Å². The fourth-order valence-corrected chi connectivity index (χ4v) is 7.01. The van der Waals surface area contributed by atoms with E-state index >= 15 is 0 Å². The van der Waals surface area contributed by atoms with Crippen LogP contribution in [0.15, 0.2) is 77.0 Å². The van der Waals surface area contributed by atoms with Gasteiger partial charge in [0.2, 0.25) is 10.0 Å². The van der Waals surface area contributed by atoms with Gasteiger partial charge in [-0.3, -0.25) is 10.1 Å². The Bertz CT molecular complexity index is 1670. The van der Waals surface area contributed by atoms with Crippen LogP contribution in [0.3, 0.4) is 0 Å². The van der Waals surface area contributed by atoms with E-state index in [1.54, 1.807) is 17.5 Å². The Morgan fingerprint density at radius 1 is 1.00 bits per heavy atom. The van der Waals surface area contributed by atoms with Crippen LogP contribution in [0.4, 0.5) is 5.13 Å². The summed E-state index contributed by atoms with van der Waals surface area (Å²) >= 11 is 13.6. The van der Waals surface area contributed by atoms with Crippen molar-refractivity contribution in [2.24, 2.45) is 0 Å². The molecule has 0 fully saturated rings. The molecular formula is C27H21Cl2N3O5S2. The van der Waals surface area contributed by atoms with Crippen molar-refractivity contribution >= 4 is 61.6 Å². The number of ether oxygens (including phenoxy) is 1. The molecule has 0 saturated carbocycles. The van der Waals surface area contributed by atoms with E-state index in [1.807, 2.05) is 36.4 Å². The van der Waals surface area contributed by atoms with E-state index in [4.69, 9.17) is 27.9 Å². The van der Waals surface area contributed by atoms with Gasteiger partial charge in [0, 0.05) is 29.1 Å². The molecule has 5 rings (SSSR count). The first-order chi connectivity index (χ1) is 18.7. The lowest BCUT2D eigenvalue weighted by atomic mass is 10.0. The lowest BCUT2D eigenvalue weighted by Crippen LogP contribution is -2.36. The monoisotopic (exact) mass is 601 g/mol. The first-order valence-corrected chi connectivity index (χ1v) is 14.8. The highest BCUT2D eigenvalue weighted by molar-refractivity contribution is 7.89. The molecule has 12 heteroatoms. The van der Waals surface area contributed by atoms with Gasteiger partial charge in [0.15, 0.2) is 11.7 Å². The second-order valence-electron chi connectivity index (χ2n) is 8.64. The smallest absolute Gasteiger partial charge is 0.338 e. The van der Waals surface area contributed by atoms with Gasteiger partial charge >= 0.3 is 5.97 Å². The second kappa shape index (κ2) is 11.4. The zero-order chi connectivity index (χ0) is 27.6. The van der Waals surface area contributed by atoms with Gasteiger partial charge < -0.3 is 4.74 Å². The van der Waals surface area contributed by atoms with E-state index in [2.05, 4.69) is 10.3 Å². The number of carbonyl (C=O) groups excluding carboxylic acids is 2. The number of benzene rings is 3. The lowest BCUT2D eigenvalue weighted by molar-refractivity contribution is -0.119. The Hall–Kier alpha value is -3.28. The molecule has 0 radical (unpaired) electrons. The summed E-state index contributed by atoms with van der Waals surface area (Å²) in [6.45, 7) is -0.0917. The van der Waals surface area contributed by atoms with Crippen LogP contribution in [-0.2, 0) is 32.5 Å². The minimum Gasteiger partial charge on any atom is -0.452 e. The number of nitrogens with one attached hydrogen (secondary N) is 1. The van der Waals surface area contributed by atoms with Crippen molar-refractivity contribution in [3.8, 4) is 11.3 Å². The average Bonchev–Trinajstić information content (AvgIpc) is 3.39. The fourth-order valence-electron chi connectivity index (χ4n) is 4.14. The number of nitrogens with zero attached hydrogens (tertiary/aromatic N) is 2. The van der Waals surface area contributed by atoms with Crippen LogP contribution in [-0.4, -0.2) is 42.7 Å². The van der Waals surface area contributed by atoms with Gasteiger partial charge in [-0.15, -0.1) is 11.3 Å². The maximum atomic E-state index is 13.4. The van der Waals surface area contributed by atoms with Crippen molar-refractivity contribution in [1.29, 1.82) is 0 Å². The van der Waals surface area contributed by atoms with Crippen molar-refractivity contribution in [2.75, 3.05) is 18.5 Å². The standard InChI is InChI=1S/C27H21Cl2N3O5S2/c28-21-8-4-3-7-20(21)23-16-38-27(30-23)31-25(33)15-37-26(34)18-9-10-22(29)24(13-18)39(35,36)32-12-11-17-5-1-2-6-19(17)14-32/h1-10,13,16H,11-12,14-15H2,(H,30,31,33). The first-order valence-electron chi connectivity index (χ1n) is 11.8. The molecule has 39 heavy (non-hydrogen) atoms. The Morgan fingerprint density at radius 3 is 2.54 bits per heavy atom. The zero-order valence-corrected chi connectivity index (χ0v) is 23.4. The number of sulfonamides is 1. The van der Waals surface area contributed by atoms with Crippen molar-refractivity contribution in [1.82, 2.24) is 9.29 Å². The minimum atomic E-state index is -3.99. The third-order valence-corrected chi connectivity index (χ3v) is 9.53. The zero-order valence-electron chi connectivity index (χ0n) is 20.3. The Labute approximate surface area is 239 Å². The SMILES string of the molecule is O=C(COC(=O)c1ccc(Cl)c(S(=O)(=O)N2CCc3ccccc3C2)c1)Nc1nc(-c2ccccc2Cl)cs1. The number of hydrogen-bond donors (Lipinski definition) is 1. The normalized spacial score (nSPS) is 13.5. The summed E-state index contributed by atoms with van der Waals surface area (Å²) in [6, 6.07) is 18.7. The quantitative estimate of drug-likeness (QED) is 0.274. The molecule has 0 unspecified atom stereocenters. The molecular weight excluding hydrogens is 581 g/mol. The molecule has 4 aromatic rings. The average molecular weight is 603 g/mol.